The fourth-order valence-corrected chi connectivity index (χ4v) is 2.26. The van der Waals surface area contributed by atoms with Gasteiger partial charge in [0.05, 0.1) is 11.6 Å². The number of carbonyl (C=O) groups excluding carboxylic acids is 1. The normalized spacial score (nSPS) is 11.5. The number of nitrogens with zero attached hydrogens (tertiary/aromatic N) is 3. The highest BCUT2D eigenvalue weighted by Crippen LogP contribution is 2.14. The van der Waals surface area contributed by atoms with Crippen molar-refractivity contribution in [1.82, 2.24) is 9.55 Å². The van der Waals surface area contributed by atoms with E-state index in [4.69, 9.17) is 5.26 Å². The average molecular weight is 296 g/mol. The topological polar surface area (TPSA) is 87.8 Å². The fourth-order valence-electron chi connectivity index (χ4n) is 2.26. The summed E-state index contributed by atoms with van der Waals surface area (Å²) in [5.41, 5.74) is 1.81. The molecule has 2 rings (SSSR count). The van der Waals surface area contributed by atoms with Gasteiger partial charge < -0.3 is 5.32 Å². The van der Waals surface area contributed by atoms with Gasteiger partial charge in [-0.05, 0) is 45.0 Å². The molecule has 0 aliphatic carbocycles. The lowest BCUT2D eigenvalue weighted by Crippen LogP contribution is -2.34. The second-order valence-corrected chi connectivity index (χ2v) is 5.05. The van der Waals surface area contributed by atoms with Crippen molar-refractivity contribution >= 4 is 11.6 Å². The molecule has 2 aromatic rings. The fraction of sp³-hybridized carbons (Fsp3) is 0.250. The van der Waals surface area contributed by atoms with Crippen molar-refractivity contribution < 1.29 is 4.79 Å². The molecule has 0 fully saturated rings. The molecule has 1 unspecified atom stereocenters. The van der Waals surface area contributed by atoms with E-state index >= 15 is 0 Å². The summed E-state index contributed by atoms with van der Waals surface area (Å²) in [7, 11) is 0. The third-order valence-electron chi connectivity index (χ3n) is 3.30. The van der Waals surface area contributed by atoms with Crippen molar-refractivity contribution in [2.45, 2.75) is 26.8 Å². The molecule has 1 N–H and O–H groups in total. The Bertz CT molecular complexity index is 818. The summed E-state index contributed by atoms with van der Waals surface area (Å²) < 4.78 is 1.34. The van der Waals surface area contributed by atoms with Gasteiger partial charge in [0.25, 0.3) is 0 Å². The third kappa shape index (κ3) is 3.20. The molecule has 0 aliphatic heterocycles. The Balaban J connectivity index is 2.27. The number of nitriles is 1. The van der Waals surface area contributed by atoms with Crippen LogP contribution in [0, 0.1) is 25.2 Å². The van der Waals surface area contributed by atoms with Crippen molar-refractivity contribution in [1.29, 1.82) is 5.26 Å². The minimum atomic E-state index is -0.702. The number of rotatable bonds is 3. The third-order valence-corrected chi connectivity index (χ3v) is 3.30. The van der Waals surface area contributed by atoms with E-state index in [0.717, 1.165) is 0 Å². The molecule has 0 saturated heterocycles. The smallest absolute Gasteiger partial charge is 0.324 e. The predicted molar refractivity (Wildman–Crippen MR) is 82.5 cm³/mol. The number of nitrogens with one attached hydrogen (secondary N) is 1. The molecule has 0 aliphatic rings. The molecule has 1 aromatic heterocycles. The largest absolute Gasteiger partial charge is 0.348 e. The van der Waals surface area contributed by atoms with Gasteiger partial charge in [-0.15, -0.1) is 0 Å². The van der Waals surface area contributed by atoms with Gasteiger partial charge in [-0.25, -0.2) is 4.79 Å². The summed E-state index contributed by atoms with van der Waals surface area (Å²) in [6.07, 6.45) is 0. The van der Waals surface area contributed by atoms with Crippen molar-refractivity contribution in [3.05, 3.63) is 57.8 Å². The summed E-state index contributed by atoms with van der Waals surface area (Å²) >= 11 is 0. The van der Waals surface area contributed by atoms with Crippen molar-refractivity contribution in [3.8, 4) is 6.07 Å². The first kappa shape index (κ1) is 15.4. The van der Waals surface area contributed by atoms with E-state index in [2.05, 4.69) is 10.3 Å². The summed E-state index contributed by atoms with van der Waals surface area (Å²) in [6.45, 7) is 5.13. The highest BCUT2D eigenvalue weighted by Gasteiger charge is 2.18. The molecule has 6 heteroatoms. The zero-order valence-corrected chi connectivity index (χ0v) is 12.6. The maximum absolute atomic E-state index is 12.3. The van der Waals surface area contributed by atoms with Gasteiger partial charge in [0.2, 0.25) is 5.91 Å². The molecule has 1 heterocycles. The molecule has 6 nitrogen and oxygen atoms in total. The minimum Gasteiger partial charge on any atom is -0.324 e. The molecule has 0 spiro atoms. The van der Waals surface area contributed by atoms with Crippen molar-refractivity contribution in [3.63, 3.8) is 0 Å². The molecule has 0 saturated carbocycles. The van der Waals surface area contributed by atoms with E-state index in [1.165, 1.54) is 4.57 Å². The van der Waals surface area contributed by atoms with E-state index in [0.29, 0.717) is 22.6 Å². The molecule has 0 radical (unpaired) electrons. The van der Waals surface area contributed by atoms with Gasteiger partial charge in [0.15, 0.2) is 0 Å². The van der Waals surface area contributed by atoms with Crippen LogP contribution in [0.15, 0.2) is 35.1 Å². The van der Waals surface area contributed by atoms with Gasteiger partial charge in [-0.1, -0.05) is 6.07 Å². The van der Waals surface area contributed by atoms with Crippen LogP contribution in [0.1, 0.15) is 29.9 Å². The van der Waals surface area contributed by atoms with Crippen LogP contribution in [0.5, 0.6) is 0 Å². The zero-order chi connectivity index (χ0) is 16.3. The van der Waals surface area contributed by atoms with Crippen LogP contribution in [0.25, 0.3) is 0 Å². The monoisotopic (exact) mass is 296 g/mol. The Hall–Kier alpha value is -2.94. The molecular formula is C16H16N4O2. The van der Waals surface area contributed by atoms with E-state index in [1.807, 2.05) is 6.07 Å². The zero-order valence-electron chi connectivity index (χ0n) is 12.6. The second kappa shape index (κ2) is 6.22. The van der Waals surface area contributed by atoms with Crippen molar-refractivity contribution in [2.75, 3.05) is 5.32 Å². The van der Waals surface area contributed by atoms with Crippen LogP contribution in [0.2, 0.25) is 0 Å². The second-order valence-electron chi connectivity index (χ2n) is 5.05. The van der Waals surface area contributed by atoms with E-state index < -0.39 is 11.7 Å². The van der Waals surface area contributed by atoms with E-state index in [1.54, 1.807) is 51.1 Å². The molecule has 22 heavy (non-hydrogen) atoms. The quantitative estimate of drug-likeness (QED) is 0.937. The summed E-state index contributed by atoms with van der Waals surface area (Å²) in [5.74, 6) is -0.342. The minimum absolute atomic E-state index is 0.342. The molecule has 112 valence electrons. The molecule has 1 amide bonds. The lowest BCUT2D eigenvalue weighted by atomic mass is 10.2. The maximum Gasteiger partial charge on any atom is 0.348 e. The van der Waals surface area contributed by atoms with Gasteiger partial charge in [0.1, 0.15) is 6.04 Å². The molecule has 0 bridgehead atoms. The lowest BCUT2D eigenvalue weighted by molar-refractivity contribution is -0.118. The van der Waals surface area contributed by atoms with Crippen LogP contribution >= 0.6 is 0 Å². The predicted octanol–water partition coefficient (Wildman–Crippen LogP) is 1.93. The lowest BCUT2D eigenvalue weighted by Gasteiger charge is -2.17. The van der Waals surface area contributed by atoms with Crippen LogP contribution < -0.4 is 11.0 Å². The summed E-state index contributed by atoms with van der Waals surface area (Å²) in [6, 6.07) is 9.66. The molecule has 1 aromatic carbocycles. The Morgan fingerprint density at radius 2 is 2.09 bits per heavy atom. The van der Waals surface area contributed by atoms with Gasteiger partial charge in [-0.3, -0.25) is 9.36 Å². The van der Waals surface area contributed by atoms with Crippen LogP contribution in [0.3, 0.4) is 0 Å². The summed E-state index contributed by atoms with van der Waals surface area (Å²) in [5, 5.41) is 11.6. The number of anilines is 1. The standard InChI is InChI=1S/C16H16N4O2/c1-10-7-11(2)20(16(22)18-10)12(3)15(21)19-14-6-4-5-13(8-14)9-17/h4-8,12H,1-3H3,(H,19,21). The van der Waals surface area contributed by atoms with E-state index in [9.17, 15) is 9.59 Å². The maximum atomic E-state index is 12.3. The number of hydrogen-bond acceptors (Lipinski definition) is 4. The first-order valence-electron chi connectivity index (χ1n) is 6.80. The van der Waals surface area contributed by atoms with Gasteiger partial charge in [-0.2, -0.15) is 10.2 Å². The van der Waals surface area contributed by atoms with E-state index in [-0.39, 0.29) is 5.91 Å². The molecule has 1 atom stereocenters. The highest BCUT2D eigenvalue weighted by atomic mass is 16.2. The Morgan fingerprint density at radius 3 is 2.73 bits per heavy atom. The SMILES string of the molecule is Cc1cc(C)n(C(C)C(=O)Nc2cccc(C#N)c2)c(=O)n1. The number of hydrogen-bond donors (Lipinski definition) is 1. The highest BCUT2D eigenvalue weighted by molar-refractivity contribution is 5.93. The number of aromatic nitrogens is 2. The number of carbonyl (C=O) groups is 1. The van der Waals surface area contributed by atoms with Gasteiger partial charge >= 0.3 is 5.69 Å². The Labute approximate surface area is 128 Å². The Kier molecular flexibility index (Phi) is 4.37. The van der Waals surface area contributed by atoms with Crippen LogP contribution in [-0.2, 0) is 4.79 Å². The van der Waals surface area contributed by atoms with Gasteiger partial charge in [0, 0.05) is 17.1 Å². The average Bonchev–Trinajstić information content (AvgIpc) is 2.46. The Morgan fingerprint density at radius 1 is 1.36 bits per heavy atom. The number of benzene rings is 1. The first-order chi connectivity index (χ1) is 10.4. The van der Waals surface area contributed by atoms with Crippen LogP contribution in [0.4, 0.5) is 5.69 Å². The molecular weight excluding hydrogens is 280 g/mol. The van der Waals surface area contributed by atoms with Crippen LogP contribution in [-0.4, -0.2) is 15.5 Å². The first-order valence-corrected chi connectivity index (χ1v) is 6.80. The van der Waals surface area contributed by atoms with Crippen molar-refractivity contribution in [2.24, 2.45) is 0 Å². The number of amides is 1. The summed E-state index contributed by atoms with van der Waals surface area (Å²) in [4.78, 5) is 28.2. The number of aryl methyl sites for hydroxylation is 2.